The number of unbranched alkanes of at least 4 members (excludes halogenated alkanes) is 12. The third kappa shape index (κ3) is 19.4. The number of carbonyl (C=O) groups excluding carboxylic acids is 2. The van der Waals surface area contributed by atoms with Crippen molar-refractivity contribution in [2.45, 2.75) is 110 Å². The second-order valence-electron chi connectivity index (χ2n) is 6.96. The van der Waals surface area contributed by atoms with E-state index in [0.717, 1.165) is 25.7 Å². The number of Topliss-reactive ketones (excluding diaryl/α,β-unsaturated/α-hetero) is 1. The van der Waals surface area contributed by atoms with Crippen LogP contribution in [0.25, 0.3) is 0 Å². The molecule has 0 bridgehead atoms. The first kappa shape index (κ1) is 25.0. The SMILES string of the molecule is CCOC(=O)OC(=S)CCCCCCCCCCCCCCCC(C)=O. The van der Waals surface area contributed by atoms with Crippen molar-refractivity contribution in [1.82, 2.24) is 0 Å². The molecule has 0 fully saturated rings. The standard InChI is InChI=1S/C21H38O4S/c1-3-24-21(23)25-20(26)18-16-14-12-10-8-6-4-5-7-9-11-13-15-17-19(2)22/h3-18H2,1-2H3. The molecule has 0 unspecified atom stereocenters. The van der Waals surface area contributed by atoms with Crippen molar-refractivity contribution in [2.24, 2.45) is 0 Å². The van der Waals surface area contributed by atoms with Crippen LogP contribution in [0.5, 0.6) is 0 Å². The molecule has 0 aliphatic carbocycles. The summed E-state index contributed by atoms with van der Waals surface area (Å²) < 4.78 is 9.55. The fraction of sp³-hybridized carbons (Fsp3) is 0.857. The molecular weight excluding hydrogens is 348 g/mol. The molecule has 0 saturated heterocycles. The molecule has 0 aromatic heterocycles. The molecule has 0 aromatic carbocycles. The largest absolute Gasteiger partial charge is 0.514 e. The number of thiocarbonyl (C=S) groups is 1. The third-order valence-corrected chi connectivity index (χ3v) is 4.66. The van der Waals surface area contributed by atoms with E-state index in [4.69, 9.17) is 17.0 Å². The summed E-state index contributed by atoms with van der Waals surface area (Å²) in [4.78, 5) is 21.9. The summed E-state index contributed by atoms with van der Waals surface area (Å²) in [6.07, 6.45) is 16.8. The van der Waals surface area contributed by atoms with Crippen molar-refractivity contribution in [1.29, 1.82) is 0 Å². The molecule has 5 heteroatoms. The Morgan fingerprint density at radius 1 is 0.692 bits per heavy atom. The molecular formula is C21H38O4S. The fourth-order valence-corrected chi connectivity index (χ4v) is 3.09. The Kier molecular flexibility index (Phi) is 18.1. The average Bonchev–Trinajstić information content (AvgIpc) is 2.58. The predicted octanol–water partition coefficient (Wildman–Crippen LogP) is 6.93. The minimum absolute atomic E-state index is 0.308. The van der Waals surface area contributed by atoms with E-state index in [1.807, 2.05) is 0 Å². The van der Waals surface area contributed by atoms with Crippen molar-refractivity contribution in [3.63, 3.8) is 0 Å². The maximum absolute atomic E-state index is 11.1. The van der Waals surface area contributed by atoms with E-state index in [-0.39, 0.29) is 0 Å². The lowest BCUT2D eigenvalue weighted by molar-refractivity contribution is -0.117. The van der Waals surface area contributed by atoms with E-state index in [2.05, 4.69) is 4.74 Å². The zero-order chi connectivity index (χ0) is 19.5. The lowest BCUT2D eigenvalue weighted by Gasteiger charge is -2.05. The molecule has 0 atom stereocenters. The van der Waals surface area contributed by atoms with Crippen molar-refractivity contribution >= 4 is 29.2 Å². The smallest absolute Gasteiger partial charge is 0.434 e. The molecule has 0 aliphatic heterocycles. The van der Waals surface area contributed by atoms with Crippen LogP contribution in [-0.2, 0) is 14.3 Å². The van der Waals surface area contributed by atoms with Crippen LogP contribution in [0.1, 0.15) is 110 Å². The summed E-state index contributed by atoms with van der Waals surface area (Å²) in [5.41, 5.74) is 0. The summed E-state index contributed by atoms with van der Waals surface area (Å²) in [5.74, 6) is 0.317. The molecule has 26 heavy (non-hydrogen) atoms. The summed E-state index contributed by atoms with van der Waals surface area (Å²) in [6.45, 7) is 3.72. The zero-order valence-electron chi connectivity index (χ0n) is 16.9. The van der Waals surface area contributed by atoms with Crippen molar-refractivity contribution < 1.29 is 19.1 Å². The van der Waals surface area contributed by atoms with Gasteiger partial charge in [-0.1, -0.05) is 70.6 Å². The molecule has 152 valence electrons. The van der Waals surface area contributed by atoms with Gasteiger partial charge in [0.2, 0.25) is 0 Å². The van der Waals surface area contributed by atoms with Crippen LogP contribution >= 0.6 is 12.2 Å². The predicted molar refractivity (Wildman–Crippen MR) is 111 cm³/mol. The van der Waals surface area contributed by atoms with Gasteiger partial charge in [-0.15, -0.1) is 0 Å². The molecule has 0 rings (SSSR count). The molecule has 0 radical (unpaired) electrons. The van der Waals surface area contributed by atoms with Gasteiger partial charge in [0.1, 0.15) is 5.78 Å². The van der Waals surface area contributed by atoms with Crippen molar-refractivity contribution in [3.8, 4) is 0 Å². The van der Waals surface area contributed by atoms with Gasteiger partial charge in [0, 0.05) is 12.8 Å². The fourth-order valence-electron chi connectivity index (χ4n) is 2.88. The van der Waals surface area contributed by atoms with Gasteiger partial charge in [0.15, 0.2) is 5.05 Å². The maximum atomic E-state index is 11.1. The highest BCUT2D eigenvalue weighted by molar-refractivity contribution is 7.80. The molecule has 0 heterocycles. The van der Waals surface area contributed by atoms with Crippen molar-refractivity contribution in [3.05, 3.63) is 0 Å². The molecule has 0 N–H and O–H groups in total. The summed E-state index contributed by atoms with van der Waals surface area (Å²) >= 11 is 5.01. The van der Waals surface area contributed by atoms with E-state index < -0.39 is 6.16 Å². The normalized spacial score (nSPS) is 10.5. The van der Waals surface area contributed by atoms with Crippen LogP contribution in [0.4, 0.5) is 4.79 Å². The number of ketones is 1. The van der Waals surface area contributed by atoms with Gasteiger partial charge in [-0.05, 0) is 38.9 Å². The highest BCUT2D eigenvalue weighted by atomic mass is 32.1. The Bertz CT molecular complexity index is 382. The Hall–Kier alpha value is -0.970. The first-order chi connectivity index (χ1) is 12.6. The summed E-state index contributed by atoms with van der Waals surface area (Å²) in [5, 5.41) is 0.338. The minimum Gasteiger partial charge on any atom is -0.434 e. The van der Waals surface area contributed by atoms with Gasteiger partial charge in [-0.2, -0.15) is 0 Å². The first-order valence-electron chi connectivity index (χ1n) is 10.4. The second kappa shape index (κ2) is 18.8. The van der Waals surface area contributed by atoms with Gasteiger partial charge < -0.3 is 14.3 Å². The zero-order valence-corrected chi connectivity index (χ0v) is 17.7. The Morgan fingerprint density at radius 3 is 1.46 bits per heavy atom. The first-order valence-corrected chi connectivity index (χ1v) is 10.8. The number of hydrogen-bond donors (Lipinski definition) is 0. The van der Waals surface area contributed by atoms with Crippen LogP contribution < -0.4 is 0 Å². The highest BCUT2D eigenvalue weighted by Gasteiger charge is 2.06. The number of rotatable bonds is 17. The second-order valence-corrected chi connectivity index (χ2v) is 7.41. The van der Waals surface area contributed by atoms with Crippen LogP contribution in [-0.4, -0.2) is 23.6 Å². The Labute approximate surface area is 165 Å². The van der Waals surface area contributed by atoms with Gasteiger partial charge in [0.05, 0.1) is 6.61 Å². The molecule has 0 saturated carbocycles. The van der Waals surface area contributed by atoms with E-state index in [1.54, 1.807) is 13.8 Å². The van der Waals surface area contributed by atoms with Crippen LogP contribution in [0, 0.1) is 0 Å². The van der Waals surface area contributed by atoms with Gasteiger partial charge in [-0.3, -0.25) is 0 Å². The van der Waals surface area contributed by atoms with Gasteiger partial charge >= 0.3 is 6.16 Å². The topological polar surface area (TPSA) is 52.6 Å². The number of ether oxygens (including phenoxy) is 2. The van der Waals surface area contributed by atoms with E-state index in [0.29, 0.717) is 23.9 Å². The monoisotopic (exact) mass is 386 g/mol. The number of carbonyl (C=O) groups is 2. The average molecular weight is 387 g/mol. The number of hydrogen-bond acceptors (Lipinski definition) is 5. The molecule has 0 spiro atoms. The molecule has 4 nitrogen and oxygen atoms in total. The molecule has 0 aliphatic rings. The maximum Gasteiger partial charge on any atom is 0.514 e. The summed E-state index contributed by atoms with van der Waals surface area (Å²) in [6, 6.07) is 0. The van der Waals surface area contributed by atoms with E-state index in [9.17, 15) is 9.59 Å². The van der Waals surface area contributed by atoms with Crippen LogP contribution in [0.3, 0.4) is 0 Å². The third-order valence-electron chi connectivity index (χ3n) is 4.37. The minimum atomic E-state index is -0.687. The van der Waals surface area contributed by atoms with Gasteiger partial charge in [0.25, 0.3) is 0 Å². The lowest BCUT2D eigenvalue weighted by Crippen LogP contribution is -2.11. The molecule has 0 amide bonds. The quantitative estimate of drug-likeness (QED) is 0.154. The van der Waals surface area contributed by atoms with E-state index >= 15 is 0 Å². The summed E-state index contributed by atoms with van der Waals surface area (Å²) in [7, 11) is 0. The lowest BCUT2D eigenvalue weighted by atomic mass is 10.0. The van der Waals surface area contributed by atoms with Gasteiger partial charge in [-0.25, -0.2) is 4.79 Å². The Balaban J connectivity index is 3.18. The van der Waals surface area contributed by atoms with Crippen LogP contribution in [0.2, 0.25) is 0 Å². The van der Waals surface area contributed by atoms with E-state index in [1.165, 1.54) is 64.2 Å². The highest BCUT2D eigenvalue weighted by Crippen LogP contribution is 2.13. The van der Waals surface area contributed by atoms with Crippen molar-refractivity contribution in [2.75, 3.05) is 6.61 Å². The van der Waals surface area contributed by atoms with Crippen LogP contribution in [0.15, 0.2) is 0 Å². The Morgan fingerprint density at radius 2 is 1.08 bits per heavy atom. The molecule has 0 aromatic rings.